The van der Waals surface area contributed by atoms with Crippen LogP contribution >= 0.6 is 0 Å². The molecule has 1 unspecified atom stereocenters. The molecule has 2 aromatic carbocycles. The van der Waals surface area contributed by atoms with Gasteiger partial charge in [0.25, 0.3) is 0 Å². The molecular weight excluding hydrogens is 244 g/mol. The average Bonchev–Trinajstić information content (AvgIpc) is 2.59. The van der Waals surface area contributed by atoms with Crippen LogP contribution in [-0.2, 0) is 12.8 Å². The second kappa shape index (κ2) is 5.62. The quantitative estimate of drug-likeness (QED) is 0.733. The van der Waals surface area contributed by atoms with Crippen molar-refractivity contribution in [2.24, 2.45) is 5.92 Å². The highest BCUT2D eigenvalue weighted by Crippen LogP contribution is 2.25. The number of hydrogen-bond acceptors (Lipinski definition) is 1. The van der Waals surface area contributed by atoms with Crippen molar-refractivity contribution in [2.45, 2.75) is 32.6 Å². The number of benzene rings is 2. The molecule has 2 aromatic rings. The summed E-state index contributed by atoms with van der Waals surface area (Å²) in [6.07, 6.45) is 3.75. The van der Waals surface area contributed by atoms with Gasteiger partial charge in [-0.2, -0.15) is 0 Å². The Hall–Kier alpha value is -1.89. The van der Waals surface area contributed by atoms with Gasteiger partial charge in [0, 0.05) is 12.0 Å². The molecule has 0 saturated heterocycles. The third-order valence-electron chi connectivity index (χ3n) is 4.17. The van der Waals surface area contributed by atoms with Crippen LogP contribution in [0, 0.1) is 5.92 Å². The van der Waals surface area contributed by atoms with E-state index in [0.717, 1.165) is 24.8 Å². The summed E-state index contributed by atoms with van der Waals surface area (Å²) in [5.74, 6) is 0.826. The lowest BCUT2D eigenvalue weighted by Gasteiger charge is -2.08. The van der Waals surface area contributed by atoms with Crippen LogP contribution in [0.5, 0.6) is 0 Å². The number of aryl methyl sites for hydroxylation is 1. The lowest BCUT2D eigenvalue weighted by Crippen LogP contribution is -2.04. The van der Waals surface area contributed by atoms with Crippen LogP contribution in [0.3, 0.4) is 0 Å². The summed E-state index contributed by atoms with van der Waals surface area (Å²) in [4.78, 5) is 12.3. The van der Waals surface area contributed by atoms with E-state index in [1.165, 1.54) is 16.7 Å². The van der Waals surface area contributed by atoms with Gasteiger partial charge >= 0.3 is 0 Å². The van der Waals surface area contributed by atoms with Crippen LogP contribution < -0.4 is 0 Å². The van der Waals surface area contributed by atoms with Crippen LogP contribution in [0.25, 0.3) is 0 Å². The van der Waals surface area contributed by atoms with E-state index in [1.807, 2.05) is 6.07 Å². The molecule has 3 rings (SSSR count). The minimum atomic E-state index is 0.319. The Morgan fingerprint density at radius 3 is 2.65 bits per heavy atom. The van der Waals surface area contributed by atoms with E-state index in [9.17, 15) is 4.79 Å². The lowest BCUT2D eigenvalue weighted by atomic mass is 9.96. The molecule has 1 nitrogen and oxygen atoms in total. The summed E-state index contributed by atoms with van der Waals surface area (Å²) in [6.45, 7) is 2.18. The Labute approximate surface area is 120 Å². The number of carbonyl (C=O) groups is 1. The largest absolute Gasteiger partial charge is 0.294 e. The first-order valence-electron chi connectivity index (χ1n) is 7.41. The summed E-state index contributed by atoms with van der Waals surface area (Å²) in [5.41, 5.74) is 4.72. The molecule has 0 radical (unpaired) electrons. The van der Waals surface area contributed by atoms with Crippen molar-refractivity contribution in [3.05, 3.63) is 70.8 Å². The Morgan fingerprint density at radius 1 is 1.05 bits per heavy atom. The zero-order valence-corrected chi connectivity index (χ0v) is 11.9. The Bertz CT molecular complexity index is 613. The highest BCUT2D eigenvalue weighted by Gasteiger charge is 2.19. The Balaban J connectivity index is 1.89. The van der Waals surface area contributed by atoms with Crippen molar-refractivity contribution in [1.82, 2.24) is 0 Å². The van der Waals surface area contributed by atoms with E-state index in [2.05, 4.69) is 49.4 Å². The summed E-state index contributed by atoms with van der Waals surface area (Å²) < 4.78 is 0. The van der Waals surface area contributed by atoms with E-state index in [4.69, 9.17) is 0 Å². The van der Waals surface area contributed by atoms with Gasteiger partial charge in [0.15, 0.2) is 5.78 Å². The zero-order valence-electron chi connectivity index (χ0n) is 11.9. The second-order valence-corrected chi connectivity index (χ2v) is 5.93. The smallest absolute Gasteiger partial charge is 0.163 e. The molecule has 0 saturated carbocycles. The van der Waals surface area contributed by atoms with Crippen LogP contribution in [0.4, 0.5) is 0 Å². The maximum absolute atomic E-state index is 12.3. The number of ketones is 1. The van der Waals surface area contributed by atoms with Crippen LogP contribution in [-0.4, -0.2) is 5.78 Å². The van der Waals surface area contributed by atoms with E-state index < -0.39 is 0 Å². The Morgan fingerprint density at radius 2 is 1.85 bits per heavy atom. The van der Waals surface area contributed by atoms with E-state index >= 15 is 0 Å². The fraction of sp³-hybridized carbons (Fsp3) is 0.316. The number of fused-ring (bicyclic) bond motifs is 1. The van der Waals surface area contributed by atoms with Gasteiger partial charge < -0.3 is 0 Å². The molecule has 0 fully saturated rings. The van der Waals surface area contributed by atoms with Crippen molar-refractivity contribution >= 4 is 5.78 Å². The zero-order chi connectivity index (χ0) is 13.9. The van der Waals surface area contributed by atoms with Gasteiger partial charge in [0.2, 0.25) is 0 Å². The minimum absolute atomic E-state index is 0.319. The molecule has 0 amide bonds. The van der Waals surface area contributed by atoms with Crippen molar-refractivity contribution < 1.29 is 4.79 Å². The number of rotatable bonds is 2. The Kier molecular flexibility index (Phi) is 3.68. The van der Waals surface area contributed by atoms with E-state index in [1.54, 1.807) is 0 Å². The molecule has 1 aliphatic carbocycles. The van der Waals surface area contributed by atoms with Gasteiger partial charge in [-0.1, -0.05) is 49.4 Å². The molecule has 20 heavy (non-hydrogen) atoms. The number of hydrogen-bond donors (Lipinski definition) is 0. The fourth-order valence-corrected chi connectivity index (χ4v) is 2.97. The molecule has 0 aromatic heterocycles. The van der Waals surface area contributed by atoms with Gasteiger partial charge in [0.05, 0.1) is 0 Å². The van der Waals surface area contributed by atoms with Gasteiger partial charge in [0.1, 0.15) is 0 Å². The maximum atomic E-state index is 12.3. The summed E-state index contributed by atoms with van der Waals surface area (Å²) >= 11 is 0. The van der Waals surface area contributed by atoms with E-state index in [-0.39, 0.29) is 0 Å². The highest BCUT2D eigenvalue weighted by molar-refractivity contribution is 5.98. The third kappa shape index (κ3) is 2.82. The minimum Gasteiger partial charge on any atom is -0.294 e. The first kappa shape index (κ1) is 13.1. The lowest BCUT2D eigenvalue weighted by molar-refractivity contribution is 0.0967. The standard InChI is InChI=1S/C19H20O/c1-14-7-9-17-10-8-16(13-18(17)19(20)11-14)12-15-5-3-2-4-6-15/h2-6,8,10,13-14H,7,9,11-12H2,1H3. The number of carbonyl (C=O) groups excluding carboxylic acids is 1. The number of Topliss-reactive ketones (excluding diaryl/α,β-unsaturated/α-hetero) is 1. The first-order chi connectivity index (χ1) is 9.72. The molecule has 0 N–H and O–H groups in total. The van der Waals surface area contributed by atoms with Gasteiger partial charge in [-0.15, -0.1) is 0 Å². The fourth-order valence-electron chi connectivity index (χ4n) is 2.97. The van der Waals surface area contributed by atoms with Crippen LogP contribution in [0.2, 0.25) is 0 Å². The molecule has 1 atom stereocenters. The van der Waals surface area contributed by atoms with Crippen molar-refractivity contribution in [2.75, 3.05) is 0 Å². The predicted molar refractivity (Wildman–Crippen MR) is 82.1 cm³/mol. The predicted octanol–water partition coefficient (Wildman–Crippen LogP) is 4.43. The summed E-state index contributed by atoms with van der Waals surface area (Å²) in [7, 11) is 0. The maximum Gasteiger partial charge on any atom is 0.163 e. The second-order valence-electron chi connectivity index (χ2n) is 5.93. The molecule has 1 heteroatoms. The van der Waals surface area contributed by atoms with Gasteiger partial charge in [-0.25, -0.2) is 0 Å². The molecule has 102 valence electrons. The molecule has 0 bridgehead atoms. The highest BCUT2D eigenvalue weighted by atomic mass is 16.1. The molecule has 0 spiro atoms. The summed E-state index contributed by atoms with van der Waals surface area (Å²) in [6, 6.07) is 16.9. The monoisotopic (exact) mass is 264 g/mol. The van der Waals surface area contributed by atoms with Crippen molar-refractivity contribution in [3.8, 4) is 0 Å². The molecule has 0 aliphatic heterocycles. The first-order valence-corrected chi connectivity index (χ1v) is 7.41. The van der Waals surface area contributed by atoms with Crippen LogP contribution in [0.1, 0.15) is 46.8 Å². The summed E-state index contributed by atoms with van der Waals surface area (Å²) in [5, 5.41) is 0. The van der Waals surface area contributed by atoms with E-state index in [0.29, 0.717) is 18.1 Å². The van der Waals surface area contributed by atoms with Crippen molar-refractivity contribution in [1.29, 1.82) is 0 Å². The van der Waals surface area contributed by atoms with Gasteiger partial charge in [-0.3, -0.25) is 4.79 Å². The molecule has 1 aliphatic rings. The average molecular weight is 264 g/mol. The SMILES string of the molecule is CC1CCc2ccc(Cc3ccccc3)cc2C(=O)C1. The topological polar surface area (TPSA) is 17.1 Å². The van der Waals surface area contributed by atoms with Crippen LogP contribution in [0.15, 0.2) is 48.5 Å². The normalized spacial score (nSPS) is 18.4. The van der Waals surface area contributed by atoms with Gasteiger partial charge in [-0.05, 0) is 47.9 Å². The third-order valence-corrected chi connectivity index (χ3v) is 4.17. The van der Waals surface area contributed by atoms with Crippen molar-refractivity contribution in [3.63, 3.8) is 0 Å². The molecule has 0 heterocycles. The molecular formula is C19H20O.